The van der Waals surface area contributed by atoms with Crippen LogP contribution in [0.5, 0.6) is 0 Å². The SMILES string of the molecule is Cc1cccc2cc(C(=O)NCC3(CNC(=O)C4C5CCCC(F)(F)C54)CC3)[nH]c12. The molecule has 3 atom stereocenters. The van der Waals surface area contributed by atoms with Crippen molar-refractivity contribution in [1.82, 2.24) is 15.6 Å². The minimum atomic E-state index is -2.70. The minimum Gasteiger partial charge on any atom is -0.355 e. The second kappa shape index (κ2) is 6.79. The molecule has 5 rings (SSSR count). The van der Waals surface area contributed by atoms with E-state index in [2.05, 4.69) is 15.6 Å². The van der Waals surface area contributed by atoms with Crippen LogP contribution in [0.25, 0.3) is 10.9 Å². The lowest BCUT2D eigenvalue weighted by molar-refractivity contribution is -0.124. The van der Waals surface area contributed by atoms with Gasteiger partial charge in [-0.05, 0) is 50.2 Å². The molecule has 1 aromatic heterocycles. The van der Waals surface area contributed by atoms with Gasteiger partial charge in [0.2, 0.25) is 5.91 Å². The standard InChI is InChI=1S/C23H27F2N3O2/c1-13-4-2-5-14-10-16(28-19(13)14)20(29)26-11-22(8-9-22)12-27-21(30)17-15-6-3-7-23(24,25)18(15)17/h2,4-5,10,15,17-18,28H,3,6-9,11-12H2,1H3,(H,26,29)(H,27,30). The van der Waals surface area contributed by atoms with Gasteiger partial charge in [0, 0.05) is 41.7 Å². The summed E-state index contributed by atoms with van der Waals surface area (Å²) in [6.45, 7) is 2.89. The fourth-order valence-corrected chi connectivity index (χ4v) is 5.18. The van der Waals surface area contributed by atoms with Crippen LogP contribution >= 0.6 is 0 Å². The van der Waals surface area contributed by atoms with Gasteiger partial charge < -0.3 is 15.6 Å². The van der Waals surface area contributed by atoms with Crippen molar-refractivity contribution >= 4 is 22.7 Å². The topological polar surface area (TPSA) is 74.0 Å². The first-order valence-electron chi connectivity index (χ1n) is 10.8. The Balaban J connectivity index is 1.15. The molecule has 3 aliphatic rings. The van der Waals surface area contributed by atoms with Gasteiger partial charge in [-0.2, -0.15) is 0 Å². The second-order valence-corrected chi connectivity index (χ2v) is 9.49. The third kappa shape index (κ3) is 3.38. The Morgan fingerprint density at radius 3 is 2.63 bits per heavy atom. The first-order valence-corrected chi connectivity index (χ1v) is 10.8. The number of rotatable bonds is 6. The summed E-state index contributed by atoms with van der Waals surface area (Å²) in [5.41, 5.74) is 2.40. The highest BCUT2D eigenvalue weighted by atomic mass is 19.3. The smallest absolute Gasteiger partial charge is 0.267 e. The van der Waals surface area contributed by atoms with Crippen molar-refractivity contribution in [3.63, 3.8) is 0 Å². The van der Waals surface area contributed by atoms with Crippen molar-refractivity contribution in [2.45, 2.75) is 45.0 Å². The number of para-hydroxylation sites is 1. The van der Waals surface area contributed by atoms with E-state index in [1.54, 1.807) is 0 Å². The summed E-state index contributed by atoms with van der Waals surface area (Å²) in [5, 5.41) is 6.87. The fourth-order valence-electron chi connectivity index (χ4n) is 5.18. The molecule has 3 fully saturated rings. The van der Waals surface area contributed by atoms with E-state index in [9.17, 15) is 18.4 Å². The van der Waals surface area contributed by atoms with Crippen molar-refractivity contribution in [1.29, 1.82) is 0 Å². The van der Waals surface area contributed by atoms with E-state index in [4.69, 9.17) is 0 Å². The Morgan fingerprint density at radius 1 is 1.17 bits per heavy atom. The van der Waals surface area contributed by atoms with Crippen molar-refractivity contribution in [2.24, 2.45) is 23.2 Å². The van der Waals surface area contributed by atoms with Crippen LogP contribution < -0.4 is 10.6 Å². The van der Waals surface area contributed by atoms with Crippen LogP contribution in [0.2, 0.25) is 0 Å². The summed E-state index contributed by atoms with van der Waals surface area (Å²) < 4.78 is 28.0. The van der Waals surface area contributed by atoms with E-state index in [1.807, 2.05) is 31.2 Å². The zero-order valence-corrected chi connectivity index (χ0v) is 17.1. The number of hydrogen-bond donors (Lipinski definition) is 3. The molecule has 1 aromatic carbocycles. The van der Waals surface area contributed by atoms with Crippen LogP contribution in [0.1, 0.15) is 48.2 Å². The number of carbonyl (C=O) groups excluding carboxylic acids is 2. The molecule has 2 aromatic rings. The first kappa shape index (κ1) is 19.5. The number of hydrogen-bond acceptors (Lipinski definition) is 2. The van der Waals surface area contributed by atoms with Gasteiger partial charge in [0.15, 0.2) is 0 Å². The molecule has 3 saturated carbocycles. The number of alkyl halides is 2. The van der Waals surface area contributed by atoms with Crippen LogP contribution in [-0.4, -0.2) is 35.8 Å². The molecular formula is C23H27F2N3O2. The lowest BCUT2D eigenvalue weighted by Gasteiger charge is -2.20. The van der Waals surface area contributed by atoms with Gasteiger partial charge >= 0.3 is 0 Å². The third-order valence-electron chi connectivity index (χ3n) is 7.33. The number of amides is 2. The summed E-state index contributed by atoms with van der Waals surface area (Å²) in [7, 11) is 0. The number of aromatic nitrogens is 1. The predicted molar refractivity (Wildman–Crippen MR) is 109 cm³/mol. The van der Waals surface area contributed by atoms with Gasteiger partial charge in [-0.15, -0.1) is 0 Å². The maximum Gasteiger partial charge on any atom is 0.267 e. The number of benzene rings is 1. The highest BCUT2D eigenvalue weighted by Crippen LogP contribution is 2.62. The molecule has 5 nitrogen and oxygen atoms in total. The molecule has 0 radical (unpaired) electrons. The molecule has 1 heterocycles. The van der Waals surface area contributed by atoms with Crippen molar-refractivity contribution in [2.75, 3.05) is 13.1 Å². The van der Waals surface area contributed by atoms with Gasteiger partial charge in [0.05, 0.1) is 5.92 Å². The van der Waals surface area contributed by atoms with E-state index in [1.165, 1.54) is 0 Å². The Hall–Kier alpha value is -2.44. The highest BCUT2D eigenvalue weighted by Gasteiger charge is 2.67. The van der Waals surface area contributed by atoms with Crippen molar-refractivity contribution < 1.29 is 18.4 Å². The molecule has 0 bridgehead atoms. The molecule has 160 valence electrons. The Kier molecular flexibility index (Phi) is 4.42. The van der Waals surface area contributed by atoms with Gasteiger partial charge in [0.1, 0.15) is 5.69 Å². The third-order valence-corrected chi connectivity index (χ3v) is 7.33. The molecule has 3 unspecified atom stereocenters. The fraction of sp³-hybridized carbons (Fsp3) is 0.565. The van der Waals surface area contributed by atoms with Gasteiger partial charge in [-0.3, -0.25) is 9.59 Å². The van der Waals surface area contributed by atoms with E-state index >= 15 is 0 Å². The van der Waals surface area contributed by atoms with Crippen molar-refractivity contribution in [3.05, 3.63) is 35.5 Å². The van der Waals surface area contributed by atoms with E-state index in [0.717, 1.165) is 35.7 Å². The molecular weight excluding hydrogens is 388 g/mol. The molecule has 3 N–H and O–H groups in total. The Labute approximate surface area is 174 Å². The molecule has 7 heteroatoms. The van der Waals surface area contributed by atoms with Crippen molar-refractivity contribution in [3.8, 4) is 0 Å². The summed E-state index contributed by atoms with van der Waals surface area (Å²) in [4.78, 5) is 28.3. The maximum atomic E-state index is 14.0. The largest absolute Gasteiger partial charge is 0.355 e. The van der Waals surface area contributed by atoms with E-state index in [0.29, 0.717) is 25.2 Å². The molecule has 3 aliphatic carbocycles. The van der Waals surface area contributed by atoms with E-state index < -0.39 is 17.8 Å². The van der Waals surface area contributed by atoms with Gasteiger partial charge in [0.25, 0.3) is 11.8 Å². The van der Waals surface area contributed by atoms with Crippen LogP contribution in [0.3, 0.4) is 0 Å². The number of aromatic amines is 1. The first-order chi connectivity index (χ1) is 14.3. The normalized spacial score (nSPS) is 27.9. The number of nitrogens with one attached hydrogen (secondary N) is 3. The van der Waals surface area contributed by atoms with Gasteiger partial charge in [-0.1, -0.05) is 18.2 Å². The summed E-state index contributed by atoms with van der Waals surface area (Å²) in [6.07, 6.45) is 2.95. The maximum absolute atomic E-state index is 14.0. The average molecular weight is 415 g/mol. The summed E-state index contributed by atoms with van der Waals surface area (Å²) in [5.74, 6) is -4.58. The predicted octanol–water partition coefficient (Wildman–Crippen LogP) is 3.78. The lowest BCUT2D eigenvalue weighted by atomic mass is 9.97. The lowest BCUT2D eigenvalue weighted by Crippen LogP contribution is -2.39. The number of halogens is 2. The molecule has 2 amide bonds. The summed E-state index contributed by atoms with van der Waals surface area (Å²) >= 11 is 0. The Bertz CT molecular complexity index is 1010. The van der Waals surface area contributed by atoms with Gasteiger partial charge in [-0.25, -0.2) is 8.78 Å². The second-order valence-electron chi connectivity index (χ2n) is 9.49. The minimum absolute atomic E-state index is 0.0960. The monoisotopic (exact) mass is 415 g/mol. The number of H-pyrrole nitrogens is 1. The Morgan fingerprint density at radius 2 is 1.93 bits per heavy atom. The number of aryl methyl sites for hydroxylation is 1. The number of carbonyl (C=O) groups is 2. The van der Waals surface area contributed by atoms with Crippen LogP contribution in [-0.2, 0) is 4.79 Å². The average Bonchev–Trinajstić information content (AvgIpc) is 3.60. The van der Waals surface area contributed by atoms with E-state index in [-0.39, 0.29) is 29.6 Å². The molecule has 0 aliphatic heterocycles. The quantitative estimate of drug-likeness (QED) is 0.672. The van der Waals surface area contributed by atoms with Crippen LogP contribution in [0.4, 0.5) is 8.78 Å². The van der Waals surface area contributed by atoms with Crippen LogP contribution in [0, 0.1) is 30.1 Å². The summed E-state index contributed by atoms with van der Waals surface area (Å²) in [6, 6.07) is 7.76. The van der Waals surface area contributed by atoms with Crippen LogP contribution in [0.15, 0.2) is 24.3 Å². The molecule has 0 spiro atoms. The zero-order valence-electron chi connectivity index (χ0n) is 17.1. The molecule has 0 saturated heterocycles. The number of fused-ring (bicyclic) bond motifs is 2. The highest BCUT2D eigenvalue weighted by molar-refractivity contribution is 5.98. The molecule has 30 heavy (non-hydrogen) atoms. The zero-order chi connectivity index (χ0) is 21.1.